The molecule has 0 radical (unpaired) electrons. The first-order chi connectivity index (χ1) is 8.33. The van der Waals surface area contributed by atoms with Crippen LogP contribution >= 0.6 is 11.6 Å². The average molecular weight is 246 g/mol. The Hall–Kier alpha value is -1.67. The van der Waals surface area contributed by atoms with E-state index < -0.39 is 0 Å². The Balaban J connectivity index is 1.88. The number of fused-ring (bicyclic) bond motifs is 1. The zero-order valence-electron chi connectivity index (χ0n) is 9.19. The summed E-state index contributed by atoms with van der Waals surface area (Å²) in [6, 6.07) is 16.1. The molecule has 3 rings (SSSR count). The van der Waals surface area contributed by atoms with Gasteiger partial charge in [0.05, 0.1) is 11.7 Å². The summed E-state index contributed by atoms with van der Waals surface area (Å²) in [5.41, 5.74) is 2.22. The highest BCUT2D eigenvalue weighted by Crippen LogP contribution is 2.35. The minimum Gasteiger partial charge on any atom is -0.489 e. The first-order valence-corrected chi connectivity index (χ1v) is 5.94. The fourth-order valence-electron chi connectivity index (χ4n) is 2.00. The van der Waals surface area contributed by atoms with Crippen molar-refractivity contribution in [3.8, 4) is 5.75 Å². The van der Waals surface area contributed by atoms with Crippen molar-refractivity contribution in [1.82, 2.24) is 0 Å². The maximum absolute atomic E-state index is 5.92. The molecule has 2 nitrogen and oxygen atoms in total. The lowest BCUT2D eigenvalue weighted by Gasteiger charge is -2.27. The molecule has 0 saturated carbocycles. The zero-order chi connectivity index (χ0) is 11.7. The van der Waals surface area contributed by atoms with Crippen LogP contribution < -0.4 is 10.1 Å². The molecule has 0 fully saturated rings. The number of benzene rings is 2. The van der Waals surface area contributed by atoms with Crippen molar-refractivity contribution in [2.75, 3.05) is 11.9 Å². The van der Waals surface area contributed by atoms with Crippen LogP contribution in [0.4, 0.5) is 5.69 Å². The quantitative estimate of drug-likeness (QED) is 0.823. The van der Waals surface area contributed by atoms with Gasteiger partial charge in [-0.25, -0.2) is 0 Å². The van der Waals surface area contributed by atoms with Crippen molar-refractivity contribution in [1.29, 1.82) is 0 Å². The minimum absolute atomic E-state index is 0.199. The van der Waals surface area contributed by atoms with Crippen molar-refractivity contribution < 1.29 is 4.74 Å². The molecule has 1 N–H and O–H groups in total. The summed E-state index contributed by atoms with van der Waals surface area (Å²) in [6.45, 7) is 0.622. The molecule has 0 amide bonds. The van der Waals surface area contributed by atoms with Gasteiger partial charge in [0.15, 0.2) is 0 Å². The number of anilines is 1. The molecule has 0 spiro atoms. The smallest absolute Gasteiger partial charge is 0.144 e. The summed E-state index contributed by atoms with van der Waals surface area (Å²) in [4.78, 5) is 0. The van der Waals surface area contributed by atoms with Gasteiger partial charge in [-0.1, -0.05) is 41.9 Å². The van der Waals surface area contributed by atoms with Crippen molar-refractivity contribution in [2.45, 2.75) is 6.04 Å². The molecule has 0 saturated heterocycles. The minimum atomic E-state index is 0.199. The van der Waals surface area contributed by atoms with Gasteiger partial charge >= 0.3 is 0 Å². The molecule has 2 aromatic carbocycles. The lowest BCUT2D eigenvalue weighted by atomic mass is 10.1. The van der Waals surface area contributed by atoms with E-state index in [0.29, 0.717) is 11.6 Å². The standard InChI is InChI=1S/C14H12ClNO/c15-11-6-7-12-14(8-11)17-9-13(16-12)10-4-2-1-3-5-10/h1-8,13,16H,9H2. The number of hydrogen-bond donors (Lipinski definition) is 1. The molecule has 1 aliphatic rings. The lowest BCUT2D eigenvalue weighted by Crippen LogP contribution is -2.23. The Labute approximate surface area is 105 Å². The molecule has 1 atom stereocenters. The molecule has 1 unspecified atom stereocenters. The molecule has 2 aromatic rings. The number of ether oxygens (including phenoxy) is 1. The van der Waals surface area contributed by atoms with Gasteiger partial charge in [0.1, 0.15) is 12.4 Å². The van der Waals surface area contributed by atoms with E-state index in [-0.39, 0.29) is 6.04 Å². The molecule has 86 valence electrons. The second kappa shape index (κ2) is 4.30. The van der Waals surface area contributed by atoms with E-state index in [9.17, 15) is 0 Å². The summed E-state index contributed by atoms with van der Waals surface area (Å²) in [5, 5.41) is 4.15. The van der Waals surface area contributed by atoms with Gasteiger partial charge < -0.3 is 10.1 Å². The fraction of sp³-hybridized carbons (Fsp3) is 0.143. The monoisotopic (exact) mass is 245 g/mol. The fourth-order valence-corrected chi connectivity index (χ4v) is 2.16. The molecule has 0 aromatic heterocycles. The van der Waals surface area contributed by atoms with Gasteiger partial charge in [0, 0.05) is 11.1 Å². The van der Waals surface area contributed by atoms with Crippen LogP contribution in [0.15, 0.2) is 48.5 Å². The molecule has 0 aliphatic carbocycles. The van der Waals surface area contributed by atoms with Gasteiger partial charge in [-0.2, -0.15) is 0 Å². The van der Waals surface area contributed by atoms with Crippen LogP contribution in [0.5, 0.6) is 5.75 Å². The van der Waals surface area contributed by atoms with E-state index in [1.54, 1.807) is 0 Å². The number of hydrogen-bond acceptors (Lipinski definition) is 2. The van der Waals surface area contributed by atoms with E-state index in [1.165, 1.54) is 5.56 Å². The molecule has 1 aliphatic heterocycles. The summed E-state index contributed by atoms with van der Waals surface area (Å²) >= 11 is 5.92. The van der Waals surface area contributed by atoms with Crippen LogP contribution in [0.2, 0.25) is 5.02 Å². The van der Waals surface area contributed by atoms with Crippen molar-refractivity contribution >= 4 is 17.3 Å². The number of rotatable bonds is 1. The van der Waals surface area contributed by atoms with E-state index in [0.717, 1.165) is 11.4 Å². The maximum atomic E-state index is 5.92. The molecule has 17 heavy (non-hydrogen) atoms. The predicted octanol–water partition coefficient (Wildman–Crippen LogP) is 3.89. The predicted molar refractivity (Wildman–Crippen MR) is 69.8 cm³/mol. The summed E-state index contributed by atoms with van der Waals surface area (Å²) in [7, 11) is 0. The highest BCUT2D eigenvalue weighted by atomic mass is 35.5. The average Bonchev–Trinajstić information content (AvgIpc) is 2.39. The highest BCUT2D eigenvalue weighted by Gasteiger charge is 2.19. The van der Waals surface area contributed by atoms with E-state index in [1.807, 2.05) is 36.4 Å². The van der Waals surface area contributed by atoms with Crippen molar-refractivity contribution in [3.05, 3.63) is 59.1 Å². The van der Waals surface area contributed by atoms with Crippen LogP contribution in [0.25, 0.3) is 0 Å². The molecule has 0 bridgehead atoms. The lowest BCUT2D eigenvalue weighted by molar-refractivity contribution is 0.286. The van der Waals surface area contributed by atoms with Crippen molar-refractivity contribution in [3.63, 3.8) is 0 Å². The van der Waals surface area contributed by atoms with Crippen LogP contribution in [-0.4, -0.2) is 6.61 Å². The molecule has 1 heterocycles. The normalized spacial score (nSPS) is 17.8. The summed E-state index contributed by atoms with van der Waals surface area (Å²) in [6.07, 6.45) is 0. The van der Waals surface area contributed by atoms with Crippen LogP contribution in [0, 0.1) is 0 Å². The van der Waals surface area contributed by atoms with Gasteiger partial charge in [0.2, 0.25) is 0 Å². The van der Waals surface area contributed by atoms with Crippen LogP contribution in [0.1, 0.15) is 11.6 Å². The van der Waals surface area contributed by atoms with E-state index in [2.05, 4.69) is 17.4 Å². The van der Waals surface area contributed by atoms with Crippen molar-refractivity contribution in [2.24, 2.45) is 0 Å². The van der Waals surface area contributed by atoms with Crippen LogP contribution in [0.3, 0.4) is 0 Å². The number of halogens is 1. The van der Waals surface area contributed by atoms with Gasteiger partial charge in [0.25, 0.3) is 0 Å². The van der Waals surface area contributed by atoms with E-state index >= 15 is 0 Å². The third kappa shape index (κ3) is 2.08. The molecular weight excluding hydrogens is 234 g/mol. The Morgan fingerprint density at radius 2 is 1.94 bits per heavy atom. The molecular formula is C14H12ClNO. The Morgan fingerprint density at radius 3 is 2.76 bits per heavy atom. The van der Waals surface area contributed by atoms with Gasteiger partial charge in [-0.15, -0.1) is 0 Å². The SMILES string of the molecule is Clc1ccc2c(c1)OCC(c1ccccc1)N2. The van der Waals surface area contributed by atoms with Crippen LogP contribution in [-0.2, 0) is 0 Å². The first-order valence-electron chi connectivity index (χ1n) is 5.57. The first kappa shape index (κ1) is 10.5. The Bertz CT molecular complexity index is 527. The largest absolute Gasteiger partial charge is 0.489 e. The maximum Gasteiger partial charge on any atom is 0.144 e. The van der Waals surface area contributed by atoms with Gasteiger partial charge in [-0.3, -0.25) is 0 Å². The summed E-state index contributed by atoms with van der Waals surface area (Å²) < 4.78 is 5.72. The Morgan fingerprint density at radius 1 is 1.12 bits per heavy atom. The Kier molecular flexibility index (Phi) is 2.65. The third-order valence-corrected chi connectivity index (χ3v) is 3.12. The topological polar surface area (TPSA) is 21.3 Å². The second-order valence-electron chi connectivity index (χ2n) is 4.06. The van der Waals surface area contributed by atoms with E-state index in [4.69, 9.17) is 16.3 Å². The highest BCUT2D eigenvalue weighted by molar-refractivity contribution is 6.30. The summed E-state index contributed by atoms with van der Waals surface area (Å²) in [5.74, 6) is 0.824. The van der Waals surface area contributed by atoms with Gasteiger partial charge in [-0.05, 0) is 17.7 Å². The third-order valence-electron chi connectivity index (χ3n) is 2.88. The number of nitrogens with one attached hydrogen (secondary N) is 1. The molecule has 3 heteroatoms. The second-order valence-corrected chi connectivity index (χ2v) is 4.50. The zero-order valence-corrected chi connectivity index (χ0v) is 9.95.